The van der Waals surface area contributed by atoms with Crippen molar-refractivity contribution >= 4 is 5.97 Å². The molecule has 7 heteroatoms. The first-order chi connectivity index (χ1) is 16.6. The SMILES string of the molecule is CCC(O)C(C)C1OC1CC(C)/C=C/C=C(\C)C1OC(=O)CC(O)CCC2(CO2)C(O)/C=C\C1C. The van der Waals surface area contributed by atoms with Gasteiger partial charge in [-0.05, 0) is 44.1 Å². The van der Waals surface area contributed by atoms with Crippen LogP contribution in [-0.4, -0.2) is 70.1 Å². The van der Waals surface area contributed by atoms with E-state index in [9.17, 15) is 20.1 Å². The minimum absolute atomic E-state index is 0.0764. The van der Waals surface area contributed by atoms with Gasteiger partial charge in [-0.2, -0.15) is 0 Å². The molecule has 0 aromatic heterocycles. The average Bonchev–Trinajstić information content (AvgIpc) is 3.74. The van der Waals surface area contributed by atoms with Crippen LogP contribution in [0.1, 0.15) is 66.7 Å². The number of epoxide rings is 2. The Morgan fingerprint density at radius 3 is 2.66 bits per heavy atom. The summed E-state index contributed by atoms with van der Waals surface area (Å²) >= 11 is 0. The monoisotopic (exact) mass is 492 g/mol. The summed E-state index contributed by atoms with van der Waals surface area (Å²) in [5, 5.41) is 30.9. The molecule has 1 spiro atoms. The largest absolute Gasteiger partial charge is 0.457 e. The number of allylic oxidation sites excluding steroid dienone is 3. The molecule has 3 aliphatic heterocycles. The van der Waals surface area contributed by atoms with Gasteiger partial charge in [-0.3, -0.25) is 4.79 Å². The summed E-state index contributed by atoms with van der Waals surface area (Å²) in [6.07, 6.45) is 9.99. The van der Waals surface area contributed by atoms with Crippen LogP contribution in [0, 0.1) is 17.8 Å². The molecular formula is C28H44O7. The first kappa shape index (κ1) is 28.1. The number of cyclic esters (lactones) is 1. The number of hydrogen-bond acceptors (Lipinski definition) is 7. The van der Waals surface area contributed by atoms with Crippen LogP contribution < -0.4 is 0 Å². The zero-order valence-electron chi connectivity index (χ0n) is 21.8. The second kappa shape index (κ2) is 12.2. The molecule has 2 fully saturated rings. The van der Waals surface area contributed by atoms with Gasteiger partial charge in [0.25, 0.3) is 0 Å². The molecule has 10 unspecified atom stereocenters. The number of aliphatic hydroxyl groups excluding tert-OH is 3. The Balaban J connectivity index is 1.61. The maximum atomic E-state index is 12.5. The Hall–Kier alpha value is -1.51. The lowest BCUT2D eigenvalue weighted by Crippen LogP contribution is -2.33. The smallest absolute Gasteiger partial charge is 0.309 e. The van der Waals surface area contributed by atoms with Crippen molar-refractivity contribution in [3.05, 3.63) is 36.0 Å². The molecule has 0 aromatic carbocycles. The van der Waals surface area contributed by atoms with E-state index >= 15 is 0 Å². The highest BCUT2D eigenvalue weighted by molar-refractivity contribution is 5.70. The van der Waals surface area contributed by atoms with E-state index in [1.54, 1.807) is 6.08 Å². The molecule has 0 saturated carbocycles. The third-order valence-electron chi connectivity index (χ3n) is 7.71. The molecule has 0 radical (unpaired) electrons. The standard InChI is InChI=1S/C28H44O7/c1-6-22(30)20(5)27-23(34-27)14-17(2)8-7-9-18(3)26-19(4)10-11-24(31)28(16-33-28)13-12-21(29)15-25(32)35-26/h7-11,17,19-24,26-27,29-31H,6,12-16H2,1-5H3/b8-7+,11-10-,18-9+. The molecule has 10 atom stereocenters. The van der Waals surface area contributed by atoms with Crippen LogP contribution >= 0.6 is 0 Å². The fourth-order valence-electron chi connectivity index (χ4n) is 4.96. The fourth-order valence-corrected chi connectivity index (χ4v) is 4.96. The van der Waals surface area contributed by atoms with Gasteiger partial charge in [0, 0.05) is 11.8 Å². The van der Waals surface area contributed by atoms with Gasteiger partial charge in [0.1, 0.15) is 17.8 Å². The summed E-state index contributed by atoms with van der Waals surface area (Å²) < 4.78 is 17.1. The van der Waals surface area contributed by atoms with Crippen molar-refractivity contribution < 1.29 is 34.3 Å². The molecule has 3 aliphatic rings. The second-order valence-electron chi connectivity index (χ2n) is 10.8. The van der Waals surface area contributed by atoms with Crippen LogP contribution in [0.3, 0.4) is 0 Å². The lowest BCUT2D eigenvalue weighted by atomic mass is 9.91. The summed E-state index contributed by atoms with van der Waals surface area (Å²) in [5.41, 5.74) is 0.244. The fraction of sp³-hybridized carbons (Fsp3) is 0.750. The van der Waals surface area contributed by atoms with Crippen molar-refractivity contribution in [1.82, 2.24) is 0 Å². The summed E-state index contributed by atoms with van der Waals surface area (Å²) in [7, 11) is 0. The van der Waals surface area contributed by atoms with Gasteiger partial charge in [0.05, 0.1) is 37.4 Å². The van der Waals surface area contributed by atoms with Crippen LogP contribution in [0.4, 0.5) is 0 Å². The number of ether oxygens (including phenoxy) is 3. The predicted octanol–water partition coefficient (Wildman–Crippen LogP) is 3.47. The van der Waals surface area contributed by atoms with Gasteiger partial charge in [-0.15, -0.1) is 0 Å². The van der Waals surface area contributed by atoms with E-state index in [1.165, 1.54) is 0 Å². The molecule has 198 valence electrons. The lowest BCUT2D eigenvalue weighted by Gasteiger charge is -2.26. The Morgan fingerprint density at radius 2 is 2.00 bits per heavy atom. The van der Waals surface area contributed by atoms with E-state index in [4.69, 9.17) is 14.2 Å². The van der Waals surface area contributed by atoms with Crippen molar-refractivity contribution in [3.8, 4) is 0 Å². The van der Waals surface area contributed by atoms with Crippen molar-refractivity contribution in [3.63, 3.8) is 0 Å². The van der Waals surface area contributed by atoms with E-state index in [-0.39, 0.29) is 36.6 Å². The van der Waals surface area contributed by atoms with E-state index < -0.39 is 29.9 Å². The normalized spacial score (nSPS) is 39.9. The van der Waals surface area contributed by atoms with Gasteiger partial charge in [0.2, 0.25) is 0 Å². The summed E-state index contributed by atoms with van der Waals surface area (Å²) in [6.45, 7) is 10.5. The minimum atomic E-state index is -0.824. The second-order valence-corrected chi connectivity index (χ2v) is 10.8. The van der Waals surface area contributed by atoms with Crippen molar-refractivity contribution in [2.75, 3.05) is 6.61 Å². The van der Waals surface area contributed by atoms with Crippen molar-refractivity contribution in [2.45, 2.75) is 109 Å². The van der Waals surface area contributed by atoms with Crippen LogP contribution in [0.25, 0.3) is 0 Å². The third-order valence-corrected chi connectivity index (χ3v) is 7.71. The first-order valence-corrected chi connectivity index (χ1v) is 13.1. The maximum absolute atomic E-state index is 12.5. The number of carbonyl (C=O) groups is 1. The maximum Gasteiger partial charge on any atom is 0.309 e. The van der Waals surface area contributed by atoms with Gasteiger partial charge in [-0.1, -0.05) is 58.1 Å². The molecule has 0 amide bonds. The van der Waals surface area contributed by atoms with Gasteiger partial charge >= 0.3 is 5.97 Å². The van der Waals surface area contributed by atoms with Crippen LogP contribution in [0.15, 0.2) is 36.0 Å². The highest BCUT2D eigenvalue weighted by Gasteiger charge is 2.50. The number of rotatable bonds is 8. The lowest BCUT2D eigenvalue weighted by molar-refractivity contribution is -0.151. The minimum Gasteiger partial charge on any atom is -0.457 e. The van der Waals surface area contributed by atoms with Crippen LogP contribution in [0.5, 0.6) is 0 Å². The van der Waals surface area contributed by atoms with Crippen LogP contribution in [0.2, 0.25) is 0 Å². The van der Waals surface area contributed by atoms with Crippen molar-refractivity contribution in [1.29, 1.82) is 0 Å². The third kappa shape index (κ3) is 7.73. The molecule has 2 saturated heterocycles. The zero-order chi connectivity index (χ0) is 25.8. The molecule has 3 rings (SSSR count). The van der Waals surface area contributed by atoms with Gasteiger partial charge in [0.15, 0.2) is 0 Å². The molecule has 35 heavy (non-hydrogen) atoms. The van der Waals surface area contributed by atoms with Crippen LogP contribution in [-0.2, 0) is 19.0 Å². The number of hydrogen-bond donors (Lipinski definition) is 3. The summed E-state index contributed by atoms with van der Waals surface area (Å²) in [6, 6.07) is 0. The van der Waals surface area contributed by atoms with E-state index in [2.05, 4.69) is 13.0 Å². The highest BCUT2D eigenvalue weighted by atomic mass is 16.6. The van der Waals surface area contributed by atoms with Gasteiger partial charge in [-0.25, -0.2) is 0 Å². The molecule has 3 heterocycles. The molecule has 0 aliphatic carbocycles. The molecule has 7 nitrogen and oxygen atoms in total. The summed E-state index contributed by atoms with van der Waals surface area (Å²) in [5.74, 6) is -0.140. The van der Waals surface area contributed by atoms with Crippen molar-refractivity contribution in [2.24, 2.45) is 17.8 Å². The van der Waals surface area contributed by atoms with E-state index in [0.717, 1.165) is 18.4 Å². The number of aliphatic hydroxyl groups is 3. The topological polar surface area (TPSA) is 112 Å². The molecular weight excluding hydrogens is 448 g/mol. The molecule has 3 N–H and O–H groups in total. The average molecular weight is 493 g/mol. The van der Waals surface area contributed by atoms with E-state index in [1.807, 2.05) is 45.9 Å². The summed E-state index contributed by atoms with van der Waals surface area (Å²) in [4.78, 5) is 12.5. The zero-order valence-corrected chi connectivity index (χ0v) is 21.8. The molecule has 0 aromatic rings. The highest BCUT2D eigenvalue weighted by Crippen LogP contribution is 2.38. The Kier molecular flexibility index (Phi) is 9.75. The Labute approximate surface area is 209 Å². The first-order valence-electron chi connectivity index (χ1n) is 13.1. The predicted molar refractivity (Wildman–Crippen MR) is 134 cm³/mol. The quantitative estimate of drug-likeness (QED) is 0.206. The van der Waals surface area contributed by atoms with Gasteiger partial charge < -0.3 is 29.5 Å². The van der Waals surface area contributed by atoms with E-state index in [0.29, 0.717) is 25.4 Å². The Morgan fingerprint density at radius 1 is 1.29 bits per heavy atom. The Bertz CT molecular complexity index is 799. The number of carbonyl (C=O) groups excluding carboxylic acids is 1. The molecule has 0 bridgehead atoms. The number of esters is 1.